The molecule has 1 aromatic heterocycles. The molecule has 1 aliphatic heterocycles. The maximum Gasteiger partial charge on any atom is 0.243 e. The normalized spacial score (nSPS) is 25.7. The third kappa shape index (κ3) is 3.32. The first-order valence-electron chi connectivity index (χ1n) is 6.78. The van der Waals surface area contributed by atoms with Crippen LogP contribution in [-0.2, 0) is 4.74 Å². The average Bonchev–Trinajstić information content (AvgIpc) is 2.92. The minimum atomic E-state index is -0.342. The van der Waals surface area contributed by atoms with Gasteiger partial charge in [0, 0.05) is 13.2 Å². The van der Waals surface area contributed by atoms with Gasteiger partial charge in [0.2, 0.25) is 11.7 Å². The van der Waals surface area contributed by atoms with Crippen LogP contribution in [0.15, 0.2) is 4.52 Å². The fraction of sp³-hybridized carbons (Fsp3) is 0.846. The van der Waals surface area contributed by atoms with Crippen molar-refractivity contribution in [2.24, 2.45) is 5.41 Å². The monoisotopic (exact) mass is 269 g/mol. The van der Waals surface area contributed by atoms with E-state index in [9.17, 15) is 5.11 Å². The molecule has 1 aromatic rings. The van der Waals surface area contributed by atoms with Crippen molar-refractivity contribution in [2.75, 3.05) is 13.2 Å². The summed E-state index contributed by atoms with van der Waals surface area (Å²) in [6.45, 7) is 9.38. The van der Waals surface area contributed by atoms with Crippen LogP contribution in [0.25, 0.3) is 0 Å². The second kappa shape index (κ2) is 5.56. The number of aliphatic hydroxyl groups excluding tert-OH is 1. The van der Waals surface area contributed by atoms with Crippen LogP contribution >= 0.6 is 0 Å². The van der Waals surface area contributed by atoms with E-state index in [-0.39, 0.29) is 23.7 Å². The Labute approximate surface area is 113 Å². The van der Waals surface area contributed by atoms with Crippen molar-refractivity contribution in [3.63, 3.8) is 0 Å². The van der Waals surface area contributed by atoms with Crippen LogP contribution in [0.1, 0.15) is 58.0 Å². The summed E-state index contributed by atoms with van der Waals surface area (Å²) in [7, 11) is 0. The highest BCUT2D eigenvalue weighted by molar-refractivity contribution is 5.01. The maximum absolute atomic E-state index is 9.51. The SMILES string of the molecule is CCOC(c1noc([C@H]2C[C@H](O)CN2)n1)C(C)(C)C. The van der Waals surface area contributed by atoms with Gasteiger partial charge in [0.05, 0.1) is 12.1 Å². The van der Waals surface area contributed by atoms with E-state index >= 15 is 0 Å². The maximum atomic E-state index is 9.51. The molecule has 2 heterocycles. The van der Waals surface area contributed by atoms with E-state index in [1.165, 1.54) is 0 Å². The first kappa shape index (κ1) is 14.4. The van der Waals surface area contributed by atoms with Crippen LogP contribution in [0.2, 0.25) is 0 Å². The van der Waals surface area contributed by atoms with Crippen molar-refractivity contribution in [1.29, 1.82) is 0 Å². The van der Waals surface area contributed by atoms with Crippen molar-refractivity contribution in [1.82, 2.24) is 15.5 Å². The Hall–Kier alpha value is -0.980. The van der Waals surface area contributed by atoms with E-state index in [0.29, 0.717) is 31.3 Å². The zero-order chi connectivity index (χ0) is 14.0. The number of aromatic nitrogens is 2. The molecule has 6 heteroatoms. The largest absolute Gasteiger partial charge is 0.392 e. The van der Waals surface area contributed by atoms with Crippen LogP contribution < -0.4 is 5.32 Å². The number of β-amino-alcohol motifs (C(OH)–C–C–N with tert-alkyl or cyclic N) is 1. The Kier molecular flexibility index (Phi) is 4.23. The number of hydrogen-bond acceptors (Lipinski definition) is 6. The first-order chi connectivity index (χ1) is 8.91. The van der Waals surface area contributed by atoms with Gasteiger partial charge < -0.3 is 19.7 Å². The van der Waals surface area contributed by atoms with Gasteiger partial charge in [-0.2, -0.15) is 4.98 Å². The Morgan fingerprint density at radius 1 is 1.53 bits per heavy atom. The van der Waals surface area contributed by atoms with Crippen molar-refractivity contribution >= 4 is 0 Å². The predicted molar refractivity (Wildman–Crippen MR) is 69.5 cm³/mol. The van der Waals surface area contributed by atoms with Gasteiger partial charge in [-0.1, -0.05) is 25.9 Å². The first-order valence-corrected chi connectivity index (χ1v) is 6.78. The number of ether oxygens (including phenoxy) is 1. The minimum absolute atomic E-state index is 0.0569. The lowest BCUT2D eigenvalue weighted by atomic mass is 9.88. The quantitative estimate of drug-likeness (QED) is 0.864. The second-order valence-electron chi connectivity index (χ2n) is 6.04. The smallest absolute Gasteiger partial charge is 0.243 e. The third-order valence-electron chi connectivity index (χ3n) is 3.22. The molecule has 6 nitrogen and oxygen atoms in total. The van der Waals surface area contributed by atoms with Crippen molar-refractivity contribution < 1.29 is 14.4 Å². The van der Waals surface area contributed by atoms with Crippen LogP contribution in [0.5, 0.6) is 0 Å². The highest BCUT2D eigenvalue weighted by Gasteiger charge is 2.34. The summed E-state index contributed by atoms with van der Waals surface area (Å²) in [5.74, 6) is 1.10. The summed E-state index contributed by atoms with van der Waals surface area (Å²) < 4.78 is 11.0. The molecule has 3 atom stereocenters. The predicted octanol–water partition coefficient (Wildman–Crippen LogP) is 1.59. The number of aliphatic hydroxyl groups is 1. The molecule has 1 saturated heterocycles. The lowest BCUT2D eigenvalue weighted by Gasteiger charge is -2.27. The number of nitrogens with one attached hydrogen (secondary N) is 1. The molecule has 0 bridgehead atoms. The highest BCUT2D eigenvalue weighted by atomic mass is 16.5. The van der Waals surface area contributed by atoms with Gasteiger partial charge in [0.15, 0.2) is 0 Å². The molecule has 108 valence electrons. The van der Waals surface area contributed by atoms with E-state index in [1.807, 2.05) is 6.92 Å². The molecule has 1 unspecified atom stereocenters. The molecule has 2 N–H and O–H groups in total. The zero-order valence-corrected chi connectivity index (χ0v) is 12.0. The standard InChI is InChI=1S/C13H23N3O3/c1-5-18-10(13(2,3)4)11-15-12(19-16-11)9-6-8(17)7-14-9/h8-10,14,17H,5-7H2,1-4H3/t8-,9+,10?/m0/s1. The Morgan fingerprint density at radius 3 is 2.79 bits per heavy atom. The Balaban J connectivity index is 2.14. The molecule has 0 spiro atoms. The summed E-state index contributed by atoms with van der Waals surface area (Å²) in [6, 6.07) is -0.0569. The van der Waals surface area contributed by atoms with E-state index in [2.05, 4.69) is 36.2 Å². The zero-order valence-electron chi connectivity index (χ0n) is 12.0. The van der Waals surface area contributed by atoms with E-state index in [4.69, 9.17) is 9.26 Å². The van der Waals surface area contributed by atoms with Gasteiger partial charge in [0.25, 0.3) is 0 Å². The molecule has 0 amide bonds. The van der Waals surface area contributed by atoms with Gasteiger partial charge in [-0.15, -0.1) is 0 Å². The van der Waals surface area contributed by atoms with Crippen molar-refractivity contribution in [3.05, 3.63) is 11.7 Å². The average molecular weight is 269 g/mol. The molecule has 2 rings (SSSR count). The number of nitrogens with zero attached hydrogens (tertiary/aromatic N) is 2. The summed E-state index contributed by atoms with van der Waals surface area (Å²) >= 11 is 0. The fourth-order valence-electron chi connectivity index (χ4n) is 2.28. The second-order valence-corrected chi connectivity index (χ2v) is 6.04. The molecule has 0 aromatic carbocycles. The molecular weight excluding hydrogens is 246 g/mol. The van der Waals surface area contributed by atoms with Crippen LogP contribution in [0, 0.1) is 5.41 Å². The number of hydrogen-bond donors (Lipinski definition) is 2. The van der Waals surface area contributed by atoms with Gasteiger partial charge >= 0.3 is 0 Å². The van der Waals surface area contributed by atoms with Gasteiger partial charge in [0.1, 0.15) is 6.10 Å². The lowest BCUT2D eigenvalue weighted by molar-refractivity contribution is -0.0203. The van der Waals surface area contributed by atoms with Crippen LogP contribution in [-0.4, -0.2) is 34.5 Å². The van der Waals surface area contributed by atoms with Crippen molar-refractivity contribution in [3.8, 4) is 0 Å². The minimum Gasteiger partial charge on any atom is -0.392 e. The number of rotatable bonds is 4. The molecule has 1 aliphatic rings. The topological polar surface area (TPSA) is 80.4 Å². The van der Waals surface area contributed by atoms with Gasteiger partial charge in [-0.3, -0.25) is 0 Å². The van der Waals surface area contributed by atoms with Crippen LogP contribution in [0.3, 0.4) is 0 Å². The molecule has 0 radical (unpaired) electrons. The van der Waals surface area contributed by atoms with Gasteiger partial charge in [-0.25, -0.2) is 0 Å². The summed E-state index contributed by atoms with van der Waals surface area (Å²) in [4.78, 5) is 4.44. The fourth-order valence-corrected chi connectivity index (χ4v) is 2.28. The highest BCUT2D eigenvalue weighted by Crippen LogP contribution is 2.35. The Bertz CT molecular complexity index is 414. The van der Waals surface area contributed by atoms with Crippen molar-refractivity contribution in [2.45, 2.75) is 52.4 Å². The van der Waals surface area contributed by atoms with E-state index in [0.717, 1.165) is 0 Å². The molecule has 1 fully saturated rings. The molecule has 0 aliphatic carbocycles. The van der Waals surface area contributed by atoms with E-state index in [1.54, 1.807) is 0 Å². The summed E-state index contributed by atoms with van der Waals surface area (Å²) in [6.07, 6.45) is 0.0724. The van der Waals surface area contributed by atoms with Crippen LogP contribution in [0.4, 0.5) is 0 Å². The lowest BCUT2D eigenvalue weighted by Crippen LogP contribution is -2.23. The summed E-state index contributed by atoms with van der Waals surface area (Å²) in [5.41, 5.74) is -0.0974. The van der Waals surface area contributed by atoms with E-state index < -0.39 is 0 Å². The third-order valence-corrected chi connectivity index (χ3v) is 3.22. The Morgan fingerprint density at radius 2 is 2.26 bits per heavy atom. The molecule has 19 heavy (non-hydrogen) atoms. The molecule has 0 saturated carbocycles. The molecular formula is C13H23N3O3. The van der Waals surface area contributed by atoms with Gasteiger partial charge in [-0.05, 0) is 18.8 Å². The summed E-state index contributed by atoms with van der Waals surface area (Å²) in [5, 5.41) is 16.7.